The monoisotopic (exact) mass is 629 g/mol. The minimum absolute atomic E-state index is 0.0256. The molecule has 0 saturated heterocycles. The van der Waals surface area contributed by atoms with Gasteiger partial charge in [0.1, 0.15) is 29.0 Å². The first kappa shape index (κ1) is 36.5. The molecule has 0 heterocycles. The van der Waals surface area contributed by atoms with Crippen molar-refractivity contribution in [3.05, 3.63) is 65.2 Å². The van der Waals surface area contributed by atoms with Gasteiger partial charge in [0.2, 0.25) is 11.8 Å². The summed E-state index contributed by atoms with van der Waals surface area (Å²) in [6.45, 7) is 8.78. The van der Waals surface area contributed by atoms with Crippen molar-refractivity contribution in [2.45, 2.75) is 77.7 Å². The van der Waals surface area contributed by atoms with Gasteiger partial charge in [-0.3, -0.25) is 9.59 Å². The molecule has 0 aliphatic heterocycles. The van der Waals surface area contributed by atoms with Crippen LogP contribution in [0.4, 0.5) is 4.79 Å². The van der Waals surface area contributed by atoms with Gasteiger partial charge in [-0.1, -0.05) is 36.4 Å². The first-order chi connectivity index (χ1) is 21.1. The highest BCUT2D eigenvalue weighted by Gasteiger charge is 2.29. The first-order valence-electron chi connectivity index (χ1n) is 14.6. The van der Waals surface area contributed by atoms with Gasteiger partial charge in [-0.05, 0) is 64.3 Å². The van der Waals surface area contributed by atoms with E-state index >= 15 is 0 Å². The summed E-state index contributed by atoms with van der Waals surface area (Å²) in [4.78, 5) is 62.4. The third-order valence-electron chi connectivity index (χ3n) is 6.06. The number of aromatic carboxylic acids is 1. The van der Waals surface area contributed by atoms with E-state index in [4.69, 9.17) is 19.3 Å². The maximum absolute atomic E-state index is 13.6. The second kappa shape index (κ2) is 17.6. The summed E-state index contributed by atoms with van der Waals surface area (Å²) in [6, 6.07) is 10.7. The number of aliphatic carboxylic acids is 1. The summed E-state index contributed by atoms with van der Waals surface area (Å²) in [5, 5.41) is 26.7. The number of nitrogens with one attached hydrogen (secondary N) is 3. The van der Waals surface area contributed by atoms with Gasteiger partial charge >= 0.3 is 18.0 Å². The van der Waals surface area contributed by atoms with Crippen molar-refractivity contribution in [2.24, 2.45) is 0 Å². The Labute approximate surface area is 262 Å². The molecule has 246 valence electrons. The maximum atomic E-state index is 13.6. The van der Waals surface area contributed by atoms with Crippen LogP contribution in [0.25, 0.3) is 0 Å². The van der Waals surface area contributed by atoms with Gasteiger partial charge in [0, 0.05) is 26.0 Å². The Hall–Kier alpha value is -4.65. The van der Waals surface area contributed by atoms with Crippen LogP contribution in [0.5, 0.6) is 5.75 Å². The van der Waals surface area contributed by atoms with E-state index in [9.17, 15) is 29.1 Å². The van der Waals surface area contributed by atoms with E-state index in [0.29, 0.717) is 18.6 Å². The predicted molar refractivity (Wildman–Crippen MR) is 164 cm³/mol. The molecule has 0 spiro atoms. The smallest absolute Gasteiger partial charge is 0.408 e. The number of carbonyl (C=O) groups is 5. The van der Waals surface area contributed by atoms with E-state index in [0.717, 1.165) is 5.56 Å². The van der Waals surface area contributed by atoms with Gasteiger partial charge in [-0.15, -0.1) is 0 Å². The van der Waals surface area contributed by atoms with Crippen LogP contribution < -0.4 is 20.7 Å². The number of hydrogen-bond donors (Lipinski definition) is 5. The van der Waals surface area contributed by atoms with E-state index in [1.54, 1.807) is 45.0 Å². The second-order valence-electron chi connectivity index (χ2n) is 11.5. The molecule has 5 N–H and O–H groups in total. The normalized spacial score (nSPS) is 12.5. The highest BCUT2D eigenvalue weighted by molar-refractivity contribution is 5.93. The van der Waals surface area contributed by atoms with Crippen LogP contribution in [-0.2, 0) is 36.7 Å². The quantitative estimate of drug-likeness (QED) is 0.163. The summed E-state index contributed by atoms with van der Waals surface area (Å²) >= 11 is 0. The van der Waals surface area contributed by atoms with Crippen molar-refractivity contribution < 1.29 is 48.4 Å². The van der Waals surface area contributed by atoms with Crippen molar-refractivity contribution in [1.82, 2.24) is 16.0 Å². The maximum Gasteiger partial charge on any atom is 0.408 e. The zero-order chi connectivity index (χ0) is 33.6. The lowest BCUT2D eigenvalue weighted by Crippen LogP contribution is -2.55. The molecule has 0 radical (unpaired) electrons. The molecular formula is C32H43N3O10. The largest absolute Gasteiger partial charge is 0.481 e. The van der Waals surface area contributed by atoms with Crippen LogP contribution in [-0.4, -0.2) is 83.6 Å². The molecule has 45 heavy (non-hydrogen) atoms. The zero-order valence-electron chi connectivity index (χ0n) is 26.3. The number of amides is 3. The van der Waals surface area contributed by atoms with Crippen LogP contribution in [0.15, 0.2) is 48.5 Å². The van der Waals surface area contributed by atoms with E-state index < -0.39 is 54.1 Å². The lowest BCUT2D eigenvalue weighted by Gasteiger charge is -2.25. The zero-order valence-corrected chi connectivity index (χ0v) is 26.3. The predicted octanol–water partition coefficient (Wildman–Crippen LogP) is 2.94. The van der Waals surface area contributed by atoms with Crippen molar-refractivity contribution in [3.8, 4) is 5.75 Å². The molecule has 2 rings (SSSR count). The van der Waals surface area contributed by atoms with Gasteiger partial charge in [-0.25, -0.2) is 14.4 Å². The molecule has 0 unspecified atom stereocenters. The Morgan fingerprint density at radius 1 is 0.844 bits per heavy atom. The Balaban J connectivity index is 2.33. The van der Waals surface area contributed by atoms with Gasteiger partial charge in [0.05, 0.1) is 6.10 Å². The molecule has 13 heteroatoms. The van der Waals surface area contributed by atoms with Crippen molar-refractivity contribution >= 4 is 29.8 Å². The van der Waals surface area contributed by atoms with Crippen LogP contribution in [0.2, 0.25) is 0 Å². The average Bonchev–Trinajstić information content (AvgIpc) is 2.94. The number of benzene rings is 2. The molecule has 0 saturated carbocycles. The number of carboxylic acid groups (broad SMARTS) is 2. The molecule has 0 aromatic heterocycles. The Bertz CT molecular complexity index is 1310. The highest BCUT2D eigenvalue weighted by atomic mass is 16.6. The summed E-state index contributed by atoms with van der Waals surface area (Å²) in [5.41, 5.74) is -0.0122. The van der Waals surface area contributed by atoms with E-state index in [-0.39, 0.29) is 36.8 Å². The molecule has 0 bridgehead atoms. The minimum Gasteiger partial charge on any atom is -0.481 e. The van der Waals surface area contributed by atoms with Gasteiger partial charge < -0.3 is 40.4 Å². The summed E-state index contributed by atoms with van der Waals surface area (Å²) in [5.74, 6) is -4.00. The number of rotatable bonds is 17. The molecule has 2 aromatic carbocycles. The molecule has 0 fully saturated rings. The third-order valence-corrected chi connectivity index (χ3v) is 6.06. The lowest BCUT2D eigenvalue weighted by molar-refractivity contribution is -0.139. The number of carbonyl (C=O) groups excluding carboxylic acids is 3. The fourth-order valence-electron chi connectivity index (χ4n) is 4.09. The van der Waals surface area contributed by atoms with E-state index in [2.05, 4.69) is 16.0 Å². The van der Waals surface area contributed by atoms with Crippen LogP contribution >= 0.6 is 0 Å². The SMILES string of the molecule is CC(C)OCCCNC(=O)[C@H](Cc1ccc(OCC(=O)O)c(C(=O)O)c1)NC(=O)[C@H](Cc1ccccc1)NC(=O)OC(C)(C)C. The van der Waals surface area contributed by atoms with Gasteiger partial charge in [0.15, 0.2) is 6.61 Å². The minimum atomic E-state index is -1.36. The number of carboxylic acids is 2. The molecular weight excluding hydrogens is 586 g/mol. The van der Waals surface area contributed by atoms with E-state index in [1.807, 2.05) is 19.9 Å². The summed E-state index contributed by atoms with van der Waals surface area (Å²) < 4.78 is 16.0. The molecule has 3 amide bonds. The number of alkyl carbamates (subject to hydrolysis) is 1. The molecule has 2 aromatic rings. The fraction of sp³-hybridized carbons (Fsp3) is 0.469. The Kier molecular flexibility index (Phi) is 14.3. The Morgan fingerprint density at radius 3 is 2.09 bits per heavy atom. The first-order valence-corrected chi connectivity index (χ1v) is 14.6. The highest BCUT2D eigenvalue weighted by Crippen LogP contribution is 2.21. The number of ether oxygens (including phenoxy) is 3. The molecule has 0 aliphatic carbocycles. The lowest BCUT2D eigenvalue weighted by atomic mass is 10.0. The molecule has 13 nitrogen and oxygen atoms in total. The fourth-order valence-corrected chi connectivity index (χ4v) is 4.09. The van der Waals surface area contributed by atoms with Crippen LogP contribution in [0.1, 0.15) is 62.5 Å². The van der Waals surface area contributed by atoms with E-state index in [1.165, 1.54) is 18.2 Å². The van der Waals surface area contributed by atoms with Gasteiger partial charge in [-0.2, -0.15) is 0 Å². The topological polar surface area (TPSA) is 190 Å². The Morgan fingerprint density at radius 2 is 1.49 bits per heavy atom. The summed E-state index contributed by atoms with van der Waals surface area (Å²) in [6.07, 6.45) is -0.291. The van der Waals surface area contributed by atoms with Crippen molar-refractivity contribution in [3.63, 3.8) is 0 Å². The average molecular weight is 630 g/mol. The second-order valence-corrected chi connectivity index (χ2v) is 11.5. The molecule has 0 aliphatic rings. The third kappa shape index (κ3) is 14.1. The van der Waals surface area contributed by atoms with Crippen molar-refractivity contribution in [1.29, 1.82) is 0 Å². The van der Waals surface area contributed by atoms with Gasteiger partial charge in [0.25, 0.3) is 0 Å². The summed E-state index contributed by atoms with van der Waals surface area (Å²) in [7, 11) is 0. The molecule has 2 atom stereocenters. The van der Waals surface area contributed by atoms with Crippen molar-refractivity contribution in [2.75, 3.05) is 19.8 Å². The standard InChI is InChI=1S/C32H43N3O10/c1-20(2)43-15-9-14-33-28(38)24(18-22-12-13-26(44-19-27(36)37)23(16-22)30(40)41)34-29(39)25(17-21-10-7-6-8-11-21)35-31(42)45-32(3,4)5/h6-8,10-13,16,20,24-25H,9,14-15,17-19H2,1-5H3,(H,33,38)(H,34,39)(H,35,42)(H,36,37)(H,40,41)/t24-,25-/m0/s1. The van der Waals surface area contributed by atoms with Crippen LogP contribution in [0, 0.1) is 0 Å². The number of hydrogen-bond acceptors (Lipinski definition) is 8. The van der Waals surface area contributed by atoms with Crippen LogP contribution in [0.3, 0.4) is 0 Å².